The van der Waals surface area contributed by atoms with Crippen LogP contribution in [0.2, 0.25) is 0 Å². The van der Waals surface area contributed by atoms with Gasteiger partial charge < -0.3 is 16.2 Å². The highest BCUT2D eigenvalue weighted by Crippen LogP contribution is 2.46. The van der Waals surface area contributed by atoms with E-state index in [4.69, 9.17) is 5.73 Å². The Morgan fingerprint density at radius 3 is 2.40 bits per heavy atom. The summed E-state index contributed by atoms with van der Waals surface area (Å²) < 4.78 is 37.7. The number of nitrogens with one attached hydrogen (secondary N) is 1. The van der Waals surface area contributed by atoms with Crippen molar-refractivity contribution in [2.24, 2.45) is 10.7 Å². The Kier molecular flexibility index (Phi) is 1.95. The smallest absolute Gasteiger partial charge is 0.370 e. The molecule has 0 radical (unpaired) electrons. The lowest BCUT2D eigenvalue weighted by atomic mass is 9.71. The SMILES string of the molecule is NC1=NC(O)(C(F)(F)F)CC2(CCC2)N1. The first-order valence-corrected chi connectivity index (χ1v) is 4.69. The zero-order valence-corrected chi connectivity index (χ0v) is 7.93. The minimum atomic E-state index is -4.78. The molecule has 2 rings (SSSR count). The molecular formula is C8H12F3N3O. The Labute approximate surface area is 84.4 Å². The number of halogens is 3. The van der Waals surface area contributed by atoms with E-state index in [1.807, 2.05) is 0 Å². The monoisotopic (exact) mass is 223 g/mol. The number of aliphatic imine (C=N–C) groups is 1. The van der Waals surface area contributed by atoms with E-state index in [2.05, 4.69) is 10.3 Å². The molecule has 1 saturated carbocycles. The molecule has 1 spiro atoms. The van der Waals surface area contributed by atoms with Crippen molar-refractivity contribution in [1.82, 2.24) is 5.32 Å². The minimum absolute atomic E-state index is 0.333. The van der Waals surface area contributed by atoms with E-state index < -0.39 is 23.9 Å². The Bertz CT molecular complexity index is 311. The van der Waals surface area contributed by atoms with Crippen molar-refractivity contribution >= 4 is 5.96 Å². The van der Waals surface area contributed by atoms with E-state index in [1.165, 1.54) is 0 Å². The molecule has 0 aromatic rings. The Hall–Kier alpha value is -0.980. The number of guanidine groups is 1. The fourth-order valence-electron chi connectivity index (χ4n) is 2.12. The summed E-state index contributed by atoms with van der Waals surface area (Å²) in [5.74, 6) is -0.333. The summed E-state index contributed by atoms with van der Waals surface area (Å²) in [5, 5.41) is 12.2. The third-order valence-electron chi connectivity index (χ3n) is 3.05. The van der Waals surface area contributed by atoms with Crippen LogP contribution >= 0.6 is 0 Å². The third kappa shape index (κ3) is 1.54. The summed E-state index contributed by atoms with van der Waals surface area (Å²) in [6, 6.07) is 0. The van der Waals surface area contributed by atoms with Crippen molar-refractivity contribution in [3.8, 4) is 0 Å². The number of hydrogen-bond acceptors (Lipinski definition) is 4. The Balaban J connectivity index is 2.30. The fourth-order valence-corrected chi connectivity index (χ4v) is 2.12. The second-order valence-electron chi connectivity index (χ2n) is 4.25. The van der Waals surface area contributed by atoms with Crippen LogP contribution in [0.3, 0.4) is 0 Å². The molecule has 7 heteroatoms. The average molecular weight is 223 g/mol. The number of nitrogens with zero attached hydrogens (tertiary/aromatic N) is 1. The van der Waals surface area contributed by atoms with Gasteiger partial charge >= 0.3 is 6.18 Å². The maximum Gasteiger partial charge on any atom is 0.438 e. The predicted octanol–water partition coefficient (Wildman–Crippen LogP) is 0.468. The van der Waals surface area contributed by atoms with Gasteiger partial charge in [0, 0.05) is 12.0 Å². The molecule has 4 N–H and O–H groups in total. The third-order valence-corrected chi connectivity index (χ3v) is 3.05. The first-order chi connectivity index (χ1) is 6.77. The van der Waals surface area contributed by atoms with Gasteiger partial charge in [-0.15, -0.1) is 0 Å². The van der Waals surface area contributed by atoms with E-state index in [1.54, 1.807) is 0 Å². The normalized spacial score (nSPS) is 34.3. The van der Waals surface area contributed by atoms with Gasteiger partial charge in [-0.3, -0.25) is 0 Å². The van der Waals surface area contributed by atoms with Crippen LogP contribution < -0.4 is 11.1 Å². The van der Waals surface area contributed by atoms with E-state index in [-0.39, 0.29) is 5.96 Å². The van der Waals surface area contributed by atoms with Crippen LogP contribution in [0, 0.1) is 0 Å². The summed E-state index contributed by atoms with van der Waals surface area (Å²) in [4.78, 5) is 3.08. The second-order valence-corrected chi connectivity index (χ2v) is 4.25. The molecule has 1 aliphatic heterocycles. The highest BCUT2D eigenvalue weighted by molar-refractivity contribution is 5.80. The highest BCUT2D eigenvalue weighted by Gasteiger charge is 2.61. The van der Waals surface area contributed by atoms with E-state index in [0.717, 1.165) is 6.42 Å². The molecule has 1 fully saturated rings. The number of hydrogen-bond donors (Lipinski definition) is 3. The van der Waals surface area contributed by atoms with Crippen LogP contribution in [0.4, 0.5) is 13.2 Å². The molecular weight excluding hydrogens is 211 g/mol. The van der Waals surface area contributed by atoms with Crippen molar-refractivity contribution in [1.29, 1.82) is 0 Å². The van der Waals surface area contributed by atoms with Crippen LogP contribution in [0.5, 0.6) is 0 Å². The summed E-state index contributed by atoms with van der Waals surface area (Å²) >= 11 is 0. The standard InChI is InChI=1S/C8H12F3N3O/c9-8(10,11)7(15)4-6(2-1-3-6)13-5(12)14-7/h15H,1-4H2,(H3,12,13,14). The topological polar surface area (TPSA) is 70.6 Å². The molecule has 1 atom stereocenters. The molecule has 1 unspecified atom stereocenters. The maximum atomic E-state index is 12.6. The van der Waals surface area contributed by atoms with E-state index in [0.29, 0.717) is 12.8 Å². The molecule has 2 aliphatic rings. The Morgan fingerprint density at radius 2 is 2.00 bits per heavy atom. The van der Waals surface area contributed by atoms with Crippen LogP contribution in [0.15, 0.2) is 4.99 Å². The van der Waals surface area contributed by atoms with E-state index in [9.17, 15) is 18.3 Å². The van der Waals surface area contributed by atoms with Crippen LogP contribution in [-0.2, 0) is 0 Å². The average Bonchev–Trinajstić information content (AvgIpc) is 1.97. The molecule has 1 heterocycles. The zero-order chi connectivity index (χ0) is 11.3. The number of aliphatic hydroxyl groups is 1. The molecule has 0 amide bonds. The van der Waals surface area contributed by atoms with Crippen molar-refractivity contribution in [2.75, 3.05) is 0 Å². The molecule has 0 bridgehead atoms. The highest BCUT2D eigenvalue weighted by atomic mass is 19.4. The molecule has 86 valence electrons. The van der Waals surface area contributed by atoms with Gasteiger partial charge in [0.15, 0.2) is 5.96 Å². The lowest BCUT2D eigenvalue weighted by Gasteiger charge is -2.49. The Morgan fingerprint density at radius 1 is 1.40 bits per heavy atom. The number of nitrogens with two attached hydrogens (primary N) is 1. The number of rotatable bonds is 0. The maximum absolute atomic E-state index is 12.6. The van der Waals surface area contributed by atoms with Crippen LogP contribution in [0.25, 0.3) is 0 Å². The number of alkyl halides is 3. The van der Waals surface area contributed by atoms with Gasteiger partial charge in [-0.25, -0.2) is 4.99 Å². The minimum Gasteiger partial charge on any atom is -0.370 e. The van der Waals surface area contributed by atoms with Crippen molar-refractivity contribution in [2.45, 2.75) is 43.1 Å². The van der Waals surface area contributed by atoms with Crippen LogP contribution in [-0.4, -0.2) is 28.5 Å². The quantitative estimate of drug-likeness (QED) is 0.559. The summed E-state index contributed by atoms with van der Waals surface area (Å²) in [6.07, 6.45) is -3.22. The van der Waals surface area contributed by atoms with Gasteiger partial charge in [0.25, 0.3) is 5.72 Å². The van der Waals surface area contributed by atoms with Gasteiger partial charge in [-0.05, 0) is 19.3 Å². The van der Waals surface area contributed by atoms with Gasteiger partial charge in [0.05, 0.1) is 0 Å². The zero-order valence-electron chi connectivity index (χ0n) is 7.93. The van der Waals surface area contributed by atoms with Crippen molar-refractivity contribution in [3.05, 3.63) is 0 Å². The van der Waals surface area contributed by atoms with E-state index >= 15 is 0 Å². The first kappa shape index (κ1) is 10.5. The van der Waals surface area contributed by atoms with Crippen molar-refractivity contribution in [3.63, 3.8) is 0 Å². The lowest BCUT2D eigenvalue weighted by Crippen LogP contribution is -2.66. The fraction of sp³-hybridized carbons (Fsp3) is 0.875. The molecule has 0 saturated heterocycles. The van der Waals surface area contributed by atoms with Gasteiger partial charge in [-0.2, -0.15) is 13.2 Å². The molecule has 1 aliphatic carbocycles. The van der Waals surface area contributed by atoms with Gasteiger partial charge in [-0.1, -0.05) is 0 Å². The summed E-state index contributed by atoms with van der Waals surface area (Å²) in [5.41, 5.74) is 1.53. The summed E-state index contributed by atoms with van der Waals surface area (Å²) in [7, 11) is 0. The van der Waals surface area contributed by atoms with Gasteiger partial charge in [0.1, 0.15) is 0 Å². The van der Waals surface area contributed by atoms with Crippen molar-refractivity contribution < 1.29 is 18.3 Å². The van der Waals surface area contributed by atoms with Gasteiger partial charge in [0.2, 0.25) is 0 Å². The molecule has 4 nitrogen and oxygen atoms in total. The molecule has 15 heavy (non-hydrogen) atoms. The van der Waals surface area contributed by atoms with Crippen LogP contribution in [0.1, 0.15) is 25.7 Å². The first-order valence-electron chi connectivity index (χ1n) is 4.69. The summed E-state index contributed by atoms with van der Waals surface area (Å²) in [6.45, 7) is 0. The molecule has 0 aromatic heterocycles. The predicted molar refractivity (Wildman–Crippen MR) is 47.0 cm³/mol. The lowest BCUT2D eigenvalue weighted by molar-refractivity contribution is -0.268. The molecule has 0 aromatic carbocycles. The second kappa shape index (κ2) is 2.78. The largest absolute Gasteiger partial charge is 0.438 e.